The number of hydrogen-bond acceptors (Lipinski definition) is 4. The van der Waals surface area contributed by atoms with Crippen LogP contribution in [0.5, 0.6) is 0 Å². The van der Waals surface area contributed by atoms with Crippen molar-refractivity contribution in [3.63, 3.8) is 0 Å². The quantitative estimate of drug-likeness (QED) is 0.610. The molecule has 1 heterocycles. The molecule has 0 bridgehead atoms. The molecule has 0 amide bonds. The molecule has 0 saturated carbocycles. The average Bonchev–Trinajstić information content (AvgIpc) is 2.73. The van der Waals surface area contributed by atoms with Gasteiger partial charge in [0.05, 0.1) is 17.5 Å². The van der Waals surface area contributed by atoms with E-state index in [4.69, 9.17) is 16.2 Å². The number of hydrogen-bond donors (Lipinski definition) is 2. The van der Waals surface area contributed by atoms with Gasteiger partial charge in [-0.05, 0) is 31.0 Å². The fraction of sp³-hybridized carbons (Fsp3) is 0.455. The number of nitrogen functional groups attached to an aromatic ring is 2. The number of rotatable bonds is 3. The zero-order chi connectivity index (χ0) is 10.7. The molecule has 15 heavy (non-hydrogen) atoms. The van der Waals surface area contributed by atoms with Gasteiger partial charge in [0.2, 0.25) is 0 Å². The Hall–Kier alpha value is -0.870. The van der Waals surface area contributed by atoms with Crippen molar-refractivity contribution >= 4 is 23.1 Å². The first-order valence-electron chi connectivity index (χ1n) is 5.15. The lowest BCUT2D eigenvalue weighted by Crippen LogP contribution is -2.07. The van der Waals surface area contributed by atoms with Gasteiger partial charge in [-0.3, -0.25) is 0 Å². The van der Waals surface area contributed by atoms with Crippen LogP contribution in [0.2, 0.25) is 0 Å². The molecule has 0 aliphatic carbocycles. The van der Waals surface area contributed by atoms with Gasteiger partial charge in [-0.2, -0.15) is 0 Å². The van der Waals surface area contributed by atoms with E-state index in [0.29, 0.717) is 17.5 Å². The Bertz CT molecular complexity index is 337. The largest absolute Gasteiger partial charge is 0.397 e. The lowest BCUT2D eigenvalue weighted by Gasteiger charge is -2.09. The number of benzene rings is 1. The highest BCUT2D eigenvalue weighted by molar-refractivity contribution is 7.99. The minimum absolute atomic E-state index is 0.411. The van der Waals surface area contributed by atoms with Crippen LogP contribution in [0.1, 0.15) is 12.8 Å². The third-order valence-corrected chi connectivity index (χ3v) is 3.64. The van der Waals surface area contributed by atoms with Crippen LogP contribution in [0.4, 0.5) is 11.4 Å². The van der Waals surface area contributed by atoms with E-state index in [-0.39, 0.29) is 0 Å². The molecule has 0 aromatic heterocycles. The van der Waals surface area contributed by atoms with Crippen LogP contribution in [0.25, 0.3) is 0 Å². The van der Waals surface area contributed by atoms with E-state index in [1.54, 1.807) is 11.8 Å². The van der Waals surface area contributed by atoms with Gasteiger partial charge < -0.3 is 16.2 Å². The van der Waals surface area contributed by atoms with Crippen LogP contribution in [0.3, 0.4) is 0 Å². The summed E-state index contributed by atoms with van der Waals surface area (Å²) in [5.41, 5.74) is 12.7. The summed E-state index contributed by atoms with van der Waals surface area (Å²) in [6.45, 7) is 0.912. The molecule has 4 heteroatoms. The molecule has 0 spiro atoms. The second-order valence-electron chi connectivity index (χ2n) is 3.74. The van der Waals surface area contributed by atoms with Crippen molar-refractivity contribution in [3.8, 4) is 0 Å². The van der Waals surface area contributed by atoms with Gasteiger partial charge in [-0.25, -0.2) is 0 Å². The number of thioether (sulfide) groups is 1. The molecule has 4 N–H and O–H groups in total. The van der Waals surface area contributed by atoms with Gasteiger partial charge in [0, 0.05) is 17.3 Å². The Kier molecular flexibility index (Phi) is 3.38. The van der Waals surface area contributed by atoms with Crippen LogP contribution in [-0.2, 0) is 4.74 Å². The van der Waals surface area contributed by atoms with E-state index < -0.39 is 0 Å². The summed E-state index contributed by atoms with van der Waals surface area (Å²) in [6.07, 6.45) is 2.78. The van der Waals surface area contributed by atoms with Crippen LogP contribution in [0, 0.1) is 0 Å². The second-order valence-corrected chi connectivity index (χ2v) is 4.83. The highest BCUT2D eigenvalue weighted by Gasteiger charge is 2.15. The maximum absolute atomic E-state index is 5.73. The van der Waals surface area contributed by atoms with E-state index in [2.05, 4.69) is 0 Å². The van der Waals surface area contributed by atoms with E-state index >= 15 is 0 Å². The topological polar surface area (TPSA) is 61.3 Å². The molecule has 3 nitrogen and oxygen atoms in total. The third-order valence-electron chi connectivity index (χ3n) is 2.52. The molecule has 1 unspecified atom stereocenters. The minimum Gasteiger partial charge on any atom is -0.397 e. The van der Waals surface area contributed by atoms with Crippen molar-refractivity contribution in [1.29, 1.82) is 0 Å². The van der Waals surface area contributed by atoms with Gasteiger partial charge in [-0.15, -0.1) is 11.8 Å². The van der Waals surface area contributed by atoms with Gasteiger partial charge in [0.1, 0.15) is 0 Å². The summed E-state index contributed by atoms with van der Waals surface area (Å²) in [7, 11) is 0. The number of ether oxygens (including phenoxy) is 1. The van der Waals surface area contributed by atoms with Gasteiger partial charge in [0.15, 0.2) is 0 Å². The van der Waals surface area contributed by atoms with Crippen molar-refractivity contribution in [2.45, 2.75) is 23.8 Å². The smallest absolute Gasteiger partial charge is 0.0669 e. The maximum atomic E-state index is 5.73. The zero-order valence-electron chi connectivity index (χ0n) is 8.61. The summed E-state index contributed by atoms with van der Waals surface area (Å²) >= 11 is 1.78. The van der Waals surface area contributed by atoms with Crippen LogP contribution >= 0.6 is 11.8 Å². The Morgan fingerprint density at radius 1 is 1.33 bits per heavy atom. The van der Waals surface area contributed by atoms with Crippen molar-refractivity contribution in [2.75, 3.05) is 23.8 Å². The molecule has 82 valence electrons. The molecule has 1 atom stereocenters. The highest BCUT2D eigenvalue weighted by Crippen LogP contribution is 2.27. The lowest BCUT2D eigenvalue weighted by molar-refractivity contribution is 0.129. The normalized spacial score (nSPS) is 20.7. The lowest BCUT2D eigenvalue weighted by atomic mass is 10.3. The highest BCUT2D eigenvalue weighted by atomic mass is 32.2. The van der Waals surface area contributed by atoms with Crippen molar-refractivity contribution in [2.24, 2.45) is 0 Å². The Morgan fingerprint density at radius 2 is 2.20 bits per heavy atom. The molecule has 0 radical (unpaired) electrons. The molecule has 1 fully saturated rings. The summed E-state index contributed by atoms with van der Waals surface area (Å²) < 4.78 is 5.55. The van der Waals surface area contributed by atoms with Crippen molar-refractivity contribution in [3.05, 3.63) is 18.2 Å². The molecular formula is C11H16N2OS. The first-order chi connectivity index (χ1) is 7.25. The summed E-state index contributed by atoms with van der Waals surface area (Å²) in [4.78, 5) is 1.16. The molecular weight excluding hydrogens is 208 g/mol. The maximum Gasteiger partial charge on any atom is 0.0669 e. The van der Waals surface area contributed by atoms with Crippen LogP contribution in [-0.4, -0.2) is 18.5 Å². The molecule has 1 aliphatic heterocycles. The number of anilines is 2. The fourth-order valence-electron chi connectivity index (χ4n) is 1.61. The van der Waals surface area contributed by atoms with E-state index in [9.17, 15) is 0 Å². The zero-order valence-corrected chi connectivity index (χ0v) is 9.43. The minimum atomic E-state index is 0.411. The Labute approximate surface area is 94.2 Å². The molecule has 2 rings (SSSR count). The molecule has 1 aromatic rings. The molecule has 1 saturated heterocycles. The van der Waals surface area contributed by atoms with E-state index in [1.807, 2.05) is 18.2 Å². The van der Waals surface area contributed by atoms with E-state index in [1.165, 1.54) is 12.8 Å². The van der Waals surface area contributed by atoms with Crippen LogP contribution < -0.4 is 11.5 Å². The summed E-state index contributed by atoms with van der Waals surface area (Å²) in [6, 6.07) is 5.79. The Balaban J connectivity index is 1.90. The SMILES string of the molecule is Nc1ccc(SCC2CCCO2)cc1N. The van der Waals surface area contributed by atoms with Gasteiger partial charge in [-0.1, -0.05) is 0 Å². The first-order valence-corrected chi connectivity index (χ1v) is 6.13. The summed E-state index contributed by atoms with van der Waals surface area (Å²) in [5.74, 6) is 1.00. The first kappa shape index (κ1) is 10.6. The third kappa shape index (κ3) is 2.79. The van der Waals surface area contributed by atoms with Gasteiger partial charge in [0.25, 0.3) is 0 Å². The predicted octanol–water partition coefficient (Wildman–Crippen LogP) is 2.12. The fourth-order valence-corrected chi connectivity index (χ4v) is 2.62. The van der Waals surface area contributed by atoms with Crippen molar-refractivity contribution in [1.82, 2.24) is 0 Å². The monoisotopic (exact) mass is 224 g/mol. The number of nitrogens with two attached hydrogens (primary N) is 2. The van der Waals surface area contributed by atoms with Crippen molar-refractivity contribution < 1.29 is 4.74 Å². The average molecular weight is 224 g/mol. The van der Waals surface area contributed by atoms with Crippen LogP contribution in [0.15, 0.2) is 23.1 Å². The molecule has 1 aromatic carbocycles. The molecule has 1 aliphatic rings. The second kappa shape index (κ2) is 4.77. The summed E-state index contributed by atoms with van der Waals surface area (Å²) in [5, 5.41) is 0. The van der Waals surface area contributed by atoms with Gasteiger partial charge >= 0.3 is 0 Å². The standard InChI is InChI=1S/C11H16N2OS/c12-10-4-3-9(6-11(10)13)15-7-8-2-1-5-14-8/h3-4,6,8H,1-2,5,7,12-13H2. The predicted molar refractivity (Wildman–Crippen MR) is 65.0 cm³/mol. The Morgan fingerprint density at radius 3 is 2.87 bits per heavy atom. The van der Waals surface area contributed by atoms with E-state index in [0.717, 1.165) is 17.3 Å².